The lowest BCUT2D eigenvalue weighted by Gasteiger charge is -2.07. The molecule has 16 heavy (non-hydrogen) atoms. The van der Waals surface area contributed by atoms with E-state index in [-0.39, 0.29) is 4.90 Å². The number of alkyl halides is 2. The van der Waals surface area contributed by atoms with Gasteiger partial charge in [-0.1, -0.05) is 0 Å². The lowest BCUT2D eigenvalue weighted by atomic mass is 10.3. The van der Waals surface area contributed by atoms with Crippen LogP contribution < -0.4 is 10.5 Å². The Labute approximate surface area is 100 Å². The molecule has 0 atom stereocenters. The minimum Gasteiger partial charge on any atom is -0.398 e. The highest BCUT2D eigenvalue weighted by molar-refractivity contribution is 9.10. The number of halogens is 3. The van der Waals surface area contributed by atoms with E-state index in [1.807, 2.05) is 0 Å². The van der Waals surface area contributed by atoms with Crippen LogP contribution in [0.3, 0.4) is 0 Å². The number of nitrogen functional groups attached to an aromatic ring is 1. The first-order valence-electron chi connectivity index (χ1n) is 4.16. The molecule has 0 bridgehead atoms. The van der Waals surface area contributed by atoms with Crippen LogP contribution in [0, 0.1) is 0 Å². The molecule has 0 radical (unpaired) electrons. The van der Waals surface area contributed by atoms with Crippen molar-refractivity contribution in [2.24, 2.45) is 0 Å². The Bertz CT molecular complexity index is 479. The van der Waals surface area contributed by atoms with Crippen molar-refractivity contribution in [3.63, 3.8) is 0 Å². The highest BCUT2D eigenvalue weighted by Crippen LogP contribution is 2.22. The van der Waals surface area contributed by atoms with Crippen LogP contribution in [0.4, 0.5) is 14.5 Å². The third-order valence-corrected chi connectivity index (χ3v) is 3.82. The van der Waals surface area contributed by atoms with Crippen molar-refractivity contribution < 1.29 is 17.2 Å². The SMILES string of the molecule is Nc1ccc(S(=O)(=O)NCC(F)F)cc1Br. The molecule has 0 amide bonds. The molecule has 1 rings (SSSR count). The van der Waals surface area contributed by atoms with Gasteiger partial charge in [-0.3, -0.25) is 0 Å². The van der Waals surface area contributed by atoms with Crippen molar-refractivity contribution in [3.8, 4) is 0 Å². The maximum atomic E-state index is 11.9. The molecule has 0 aromatic heterocycles. The zero-order chi connectivity index (χ0) is 12.3. The number of hydrogen-bond acceptors (Lipinski definition) is 3. The largest absolute Gasteiger partial charge is 0.398 e. The van der Waals surface area contributed by atoms with E-state index in [1.165, 1.54) is 18.2 Å². The fraction of sp³-hybridized carbons (Fsp3) is 0.250. The summed E-state index contributed by atoms with van der Waals surface area (Å²) in [5, 5.41) is 0. The van der Waals surface area contributed by atoms with Gasteiger partial charge in [0.2, 0.25) is 10.0 Å². The zero-order valence-electron chi connectivity index (χ0n) is 7.95. The Kier molecular flexibility index (Phi) is 4.22. The van der Waals surface area contributed by atoms with Gasteiger partial charge in [-0.25, -0.2) is 21.9 Å². The third kappa shape index (κ3) is 3.39. The third-order valence-electron chi connectivity index (χ3n) is 1.71. The number of nitrogens with one attached hydrogen (secondary N) is 1. The van der Waals surface area contributed by atoms with Crippen molar-refractivity contribution >= 4 is 31.6 Å². The van der Waals surface area contributed by atoms with Gasteiger partial charge in [0, 0.05) is 10.2 Å². The van der Waals surface area contributed by atoms with Crippen LogP contribution in [0.1, 0.15) is 0 Å². The predicted octanol–water partition coefficient (Wildman–Crippen LogP) is 1.57. The van der Waals surface area contributed by atoms with Crippen LogP contribution in [-0.4, -0.2) is 21.4 Å². The molecular weight excluding hydrogens is 306 g/mol. The fourth-order valence-electron chi connectivity index (χ4n) is 0.931. The Hall–Kier alpha value is -0.730. The Morgan fingerprint density at radius 1 is 1.44 bits per heavy atom. The van der Waals surface area contributed by atoms with Gasteiger partial charge in [-0.15, -0.1) is 0 Å². The summed E-state index contributed by atoms with van der Waals surface area (Å²) in [5.74, 6) is 0. The van der Waals surface area contributed by atoms with Gasteiger partial charge >= 0.3 is 0 Å². The minimum atomic E-state index is -3.91. The van der Waals surface area contributed by atoms with Crippen molar-refractivity contribution in [3.05, 3.63) is 22.7 Å². The van der Waals surface area contributed by atoms with Gasteiger partial charge in [0.25, 0.3) is 6.43 Å². The topological polar surface area (TPSA) is 72.2 Å². The molecule has 0 aliphatic carbocycles. The monoisotopic (exact) mass is 314 g/mol. The molecule has 0 saturated carbocycles. The lowest BCUT2D eigenvalue weighted by molar-refractivity contribution is 0.153. The number of hydrogen-bond donors (Lipinski definition) is 2. The van der Waals surface area contributed by atoms with Crippen molar-refractivity contribution in [1.29, 1.82) is 0 Å². The highest BCUT2D eigenvalue weighted by atomic mass is 79.9. The molecule has 0 saturated heterocycles. The molecule has 4 nitrogen and oxygen atoms in total. The predicted molar refractivity (Wildman–Crippen MR) is 59.7 cm³/mol. The van der Waals surface area contributed by atoms with Gasteiger partial charge in [0.15, 0.2) is 0 Å². The second kappa shape index (κ2) is 5.07. The molecule has 0 aliphatic rings. The van der Waals surface area contributed by atoms with Crippen molar-refractivity contribution in [1.82, 2.24) is 4.72 Å². The normalized spacial score (nSPS) is 12.0. The van der Waals surface area contributed by atoms with Gasteiger partial charge in [0.05, 0.1) is 11.4 Å². The average Bonchev–Trinajstić information content (AvgIpc) is 2.19. The first-order valence-corrected chi connectivity index (χ1v) is 6.43. The smallest absolute Gasteiger partial charge is 0.251 e. The molecule has 90 valence electrons. The molecule has 0 fully saturated rings. The average molecular weight is 315 g/mol. The summed E-state index contributed by atoms with van der Waals surface area (Å²) in [4.78, 5) is -0.116. The minimum absolute atomic E-state index is 0.116. The Morgan fingerprint density at radius 2 is 2.06 bits per heavy atom. The van der Waals surface area contributed by atoms with E-state index in [4.69, 9.17) is 5.73 Å². The first kappa shape index (κ1) is 13.3. The summed E-state index contributed by atoms with van der Waals surface area (Å²) in [7, 11) is -3.91. The molecule has 3 N–H and O–H groups in total. The van der Waals surface area contributed by atoms with Gasteiger partial charge in [-0.2, -0.15) is 0 Å². The molecule has 0 heterocycles. The van der Waals surface area contributed by atoms with Crippen LogP contribution in [0.25, 0.3) is 0 Å². The van der Waals surface area contributed by atoms with E-state index in [2.05, 4.69) is 15.9 Å². The molecule has 0 aliphatic heterocycles. The van der Waals surface area contributed by atoms with Gasteiger partial charge in [-0.05, 0) is 34.1 Å². The number of rotatable bonds is 4. The van der Waals surface area contributed by atoms with Crippen LogP contribution in [-0.2, 0) is 10.0 Å². The van der Waals surface area contributed by atoms with Gasteiger partial charge < -0.3 is 5.73 Å². The maximum absolute atomic E-state index is 11.9. The Balaban J connectivity index is 2.94. The summed E-state index contributed by atoms with van der Waals surface area (Å²) < 4.78 is 48.9. The van der Waals surface area contributed by atoms with E-state index >= 15 is 0 Å². The number of nitrogens with two attached hydrogens (primary N) is 1. The maximum Gasteiger partial charge on any atom is 0.251 e. The first-order chi connectivity index (χ1) is 7.33. The molecular formula is C8H9BrF2N2O2S. The standard InChI is InChI=1S/C8H9BrF2N2O2S/c9-6-3-5(1-2-7(6)12)16(14,15)13-4-8(10)11/h1-3,8,13H,4,12H2. The van der Waals surface area contributed by atoms with Crippen molar-refractivity contribution in [2.75, 3.05) is 12.3 Å². The highest BCUT2D eigenvalue weighted by Gasteiger charge is 2.16. The molecule has 1 aromatic rings. The van der Waals surface area contributed by atoms with E-state index in [9.17, 15) is 17.2 Å². The Morgan fingerprint density at radius 3 is 2.56 bits per heavy atom. The summed E-state index contributed by atoms with van der Waals surface area (Å²) in [6.07, 6.45) is -2.73. The van der Waals surface area contributed by atoms with E-state index < -0.39 is 23.0 Å². The molecule has 1 aromatic carbocycles. The van der Waals surface area contributed by atoms with Gasteiger partial charge in [0.1, 0.15) is 0 Å². The number of anilines is 1. The van der Waals surface area contributed by atoms with Crippen LogP contribution in [0.5, 0.6) is 0 Å². The summed E-state index contributed by atoms with van der Waals surface area (Å²) in [6, 6.07) is 3.87. The molecule has 0 unspecified atom stereocenters. The van der Waals surface area contributed by atoms with Crippen LogP contribution in [0.2, 0.25) is 0 Å². The summed E-state index contributed by atoms with van der Waals surface area (Å²) in [6.45, 7) is -0.912. The second-order valence-electron chi connectivity index (χ2n) is 2.93. The van der Waals surface area contributed by atoms with Crippen LogP contribution in [0.15, 0.2) is 27.6 Å². The quantitative estimate of drug-likeness (QED) is 0.829. The lowest BCUT2D eigenvalue weighted by Crippen LogP contribution is -2.28. The van der Waals surface area contributed by atoms with Crippen LogP contribution >= 0.6 is 15.9 Å². The fourth-order valence-corrected chi connectivity index (χ4v) is 2.49. The molecule has 0 spiro atoms. The summed E-state index contributed by atoms with van der Waals surface area (Å²) >= 11 is 3.05. The number of benzene rings is 1. The van der Waals surface area contributed by atoms with Crippen molar-refractivity contribution in [2.45, 2.75) is 11.3 Å². The van der Waals surface area contributed by atoms with E-state index in [1.54, 1.807) is 4.72 Å². The number of sulfonamides is 1. The second-order valence-corrected chi connectivity index (χ2v) is 5.55. The van der Waals surface area contributed by atoms with E-state index in [0.29, 0.717) is 10.2 Å². The zero-order valence-corrected chi connectivity index (χ0v) is 10.4. The molecule has 8 heteroatoms. The van der Waals surface area contributed by atoms with E-state index in [0.717, 1.165) is 0 Å². The summed E-state index contributed by atoms with van der Waals surface area (Å²) in [5.41, 5.74) is 5.84.